The van der Waals surface area contributed by atoms with E-state index in [1.54, 1.807) is 7.11 Å². The Hall–Kier alpha value is -2.25. The molecular weight excluding hydrogens is 322 g/mol. The first kappa shape index (κ1) is 16.2. The molecule has 2 aliphatic heterocycles. The molecule has 4 rings (SSSR count). The Labute approximate surface area is 146 Å². The number of fused-ring (bicyclic) bond motifs is 1. The van der Waals surface area contributed by atoms with Gasteiger partial charge in [-0.1, -0.05) is 0 Å². The molecule has 0 aliphatic carbocycles. The number of hydrogen-bond acceptors (Lipinski definition) is 6. The van der Waals surface area contributed by atoms with Crippen molar-refractivity contribution in [2.75, 3.05) is 20.5 Å². The maximum absolute atomic E-state index is 5.94. The molecular formula is C18H23N3O4. The van der Waals surface area contributed by atoms with E-state index in [-0.39, 0.29) is 18.9 Å². The molecule has 134 valence electrons. The van der Waals surface area contributed by atoms with E-state index in [0.717, 1.165) is 36.7 Å². The zero-order chi connectivity index (χ0) is 17.2. The lowest BCUT2D eigenvalue weighted by Gasteiger charge is -2.20. The van der Waals surface area contributed by atoms with Crippen LogP contribution in [-0.2, 0) is 17.8 Å². The first-order valence-electron chi connectivity index (χ1n) is 8.62. The fourth-order valence-corrected chi connectivity index (χ4v) is 3.43. The molecule has 0 unspecified atom stereocenters. The highest BCUT2D eigenvalue weighted by atomic mass is 16.7. The zero-order valence-corrected chi connectivity index (χ0v) is 14.5. The monoisotopic (exact) mass is 345 g/mol. The van der Waals surface area contributed by atoms with Crippen LogP contribution in [0.25, 0.3) is 0 Å². The fraction of sp³-hybridized carbons (Fsp3) is 0.500. The first-order chi connectivity index (χ1) is 12.3. The van der Waals surface area contributed by atoms with Crippen LogP contribution >= 0.6 is 0 Å². The maximum atomic E-state index is 5.94. The summed E-state index contributed by atoms with van der Waals surface area (Å²) in [5, 5.41) is 3.60. The van der Waals surface area contributed by atoms with Gasteiger partial charge in [-0.05, 0) is 31.0 Å². The van der Waals surface area contributed by atoms with Crippen molar-refractivity contribution in [3.8, 4) is 17.2 Å². The van der Waals surface area contributed by atoms with E-state index >= 15 is 0 Å². The van der Waals surface area contributed by atoms with Crippen LogP contribution in [0, 0.1) is 0 Å². The summed E-state index contributed by atoms with van der Waals surface area (Å²) >= 11 is 0. The molecule has 1 aromatic carbocycles. The van der Waals surface area contributed by atoms with Crippen LogP contribution in [0.15, 0.2) is 24.5 Å². The van der Waals surface area contributed by atoms with Crippen LogP contribution in [0.5, 0.6) is 17.2 Å². The lowest BCUT2D eigenvalue weighted by molar-refractivity contribution is 0.0886. The van der Waals surface area contributed by atoms with Crippen molar-refractivity contribution in [1.82, 2.24) is 14.9 Å². The van der Waals surface area contributed by atoms with E-state index < -0.39 is 0 Å². The van der Waals surface area contributed by atoms with Gasteiger partial charge in [0.1, 0.15) is 11.9 Å². The minimum atomic E-state index is -0.0224. The van der Waals surface area contributed by atoms with Crippen molar-refractivity contribution in [3.63, 3.8) is 0 Å². The van der Waals surface area contributed by atoms with Crippen LogP contribution < -0.4 is 19.5 Å². The lowest BCUT2D eigenvalue weighted by Crippen LogP contribution is -2.32. The number of nitrogens with one attached hydrogen (secondary N) is 1. The Bertz CT molecular complexity index is 746. The average molecular weight is 345 g/mol. The number of rotatable bonds is 6. The number of aromatic nitrogens is 2. The number of ether oxygens (including phenoxy) is 4. The average Bonchev–Trinajstić information content (AvgIpc) is 3.37. The molecule has 7 heteroatoms. The summed E-state index contributed by atoms with van der Waals surface area (Å²) in [4.78, 5) is 4.49. The highest BCUT2D eigenvalue weighted by molar-refractivity contribution is 5.55. The number of benzene rings is 1. The zero-order valence-electron chi connectivity index (χ0n) is 14.5. The number of aryl methyl sites for hydroxylation is 1. The van der Waals surface area contributed by atoms with Crippen molar-refractivity contribution in [1.29, 1.82) is 0 Å². The van der Waals surface area contributed by atoms with Crippen LogP contribution in [0.3, 0.4) is 0 Å². The molecule has 0 radical (unpaired) electrons. The van der Waals surface area contributed by atoms with Crippen molar-refractivity contribution in [3.05, 3.63) is 35.9 Å². The molecule has 2 aliphatic rings. The van der Waals surface area contributed by atoms with Gasteiger partial charge >= 0.3 is 0 Å². The Morgan fingerprint density at radius 1 is 1.36 bits per heavy atom. The van der Waals surface area contributed by atoms with Gasteiger partial charge in [-0.3, -0.25) is 0 Å². The summed E-state index contributed by atoms with van der Waals surface area (Å²) in [6.07, 6.45) is 4.77. The van der Waals surface area contributed by atoms with Gasteiger partial charge < -0.3 is 28.8 Å². The number of imidazole rings is 1. The predicted octanol–water partition coefficient (Wildman–Crippen LogP) is 2.26. The molecule has 0 spiro atoms. The van der Waals surface area contributed by atoms with Gasteiger partial charge in [0.2, 0.25) is 12.5 Å². The highest BCUT2D eigenvalue weighted by Gasteiger charge is 2.32. The quantitative estimate of drug-likeness (QED) is 0.866. The number of hydrogen-bond donors (Lipinski definition) is 1. The van der Waals surface area contributed by atoms with Crippen molar-refractivity contribution < 1.29 is 18.9 Å². The summed E-state index contributed by atoms with van der Waals surface area (Å²) in [6.45, 7) is 4.68. The smallest absolute Gasteiger partial charge is 0.231 e. The highest BCUT2D eigenvalue weighted by Crippen LogP contribution is 2.42. The largest absolute Gasteiger partial charge is 0.493 e. The molecule has 1 N–H and O–H groups in total. The minimum absolute atomic E-state index is 0.0224. The summed E-state index contributed by atoms with van der Waals surface area (Å²) in [6, 6.07) is 4.21. The third-order valence-corrected chi connectivity index (χ3v) is 4.72. The molecule has 2 aromatic rings. The molecule has 0 saturated carbocycles. The second-order valence-corrected chi connectivity index (χ2v) is 6.17. The summed E-state index contributed by atoms with van der Waals surface area (Å²) in [7, 11) is 1.64. The van der Waals surface area contributed by atoms with Gasteiger partial charge in [-0.15, -0.1) is 0 Å². The van der Waals surface area contributed by atoms with Crippen LogP contribution in [0.4, 0.5) is 0 Å². The minimum Gasteiger partial charge on any atom is -0.493 e. The van der Waals surface area contributed by atoms with Crippen LogP contribution in [0.2, 0.25) is 0 Å². The van der Waals surface area contributed by atoms with Gasteiger partial charge in [0, 0.05) is 38.1 Å². The molecule has 0 bridgehead atoms. The van der Waals surface area contributed by atoms with Crippen molar-refractivity contribution in [2.24, 2.45) is 0 Å². The van der Waals surface area contributed by atoms with E-state index in [2.05, 4.69) is 21.8 Å². The van der Waals surface area contributed by atoms with Gasteiger partial charge in [0.15, 0.2) is 11.5 Å². The Kier molecular flexibility index (Phi) is 4.50. The molecule has 0 amide bonds. The Balaban J connectivity index is 1.48. The maximum Gasteiger partial charge on any atom is 0.231 e. The summed E-state index contributed by atoms with van der Waals surface area (Å²) < 4.78 is 24.4. The number of nitrogens with zero attached hydrogens (tertiary/aromatic N) is 2. The second kappa shape index (κ2) is 6.93. The SMILES string of the molecule is CCn1ccnc1[C@H]1OCC[C@@H]1NCc1cc(OC)c2c(c1)OCO2. The van der Waals surface area contributed by atoms with E-state index in [0.29, 0.717) is 18.0 Å². The molecule has 2 atom stereocenters. The van der Waals surface area contributed by atoms with E-state index in [4.69, 9.17) is 18.9 Å². The first-order valence-corrected chi connectivity index (χ1v) is 8.62. The second-order valence-electron chi connectivity index (χ2n) is 6.17. The standard InChI is InChI=1S/C18H23N3O4/c1-3-21-6-5-19-18(21)16-13(4-7-23-16)20-10-12-8-14(22-2)17-15(9-12)24-11-25-17/h5-6,8-9,13,16,20H,3-4,7,10-11H2,1-2H3/t13-,16-/m0/s1. The van der Waals surface area contributed by atoms with E-state index in [1.165, 1.54) is 0 Å². The van der Waals surface area contributed by atoms with Crippen molar-refractivity contribution >= 4 is 0 Å². The predicted molar refractivity (Wildman–Crippen MR) is 91.0 cm³/mol. The van der Waals surface area contributed by atoms with E-state index in [1.807, 2.05) is 24.5 Å². The third-order valence-electron chi connectivity index (χ3n) is 4.72. The van der Waals surface area contributed by atoms with E-state index in [9.17, 15) is 0 Å². The van der Waals surface area contributed by atoms with Crippen LogP contribution in [-0.4, -0.2) is 36.1 Å². The molecule has 1 fully saturated rings. The van der Waals surface area contributed by atoms with Gasteiger partial charge in [0.25, 0.3) is 0 Å². The molecule has 1 aromatic heterocycles. The normalized spacial score (nSPS) is 21.7. The van der Waals surface area contributed by atoms with Gasteiger partial charge in [0.05, 0.1) is 7.11 Å². The Morgan fingerprint density at radius 3 is 3.12 bits per heavy atom. The fourth-order valence-electron chi connectivity index (χ4n) is 3.43. The Morgan fingerprint density at radius 2 is 2.28 bits per heavy atom. The molecule has 1 saturated heterocycles. The van der Waals surface area contributed by atoms with Crippen molar-refractivity contribution in [2.45, 2.75) is 38.6 Å². The van der Waals surface area contributed by atoms with Gasteiger partial charge in [-0.25, -0.2) is 4.98 Å². The van der Waals surface area contributed by atoms with Gasteiger partial charge in [-0.2, -0.15) is 0 Å². The molecule has 3 heterocycles. The van der Waals surface area contributed by atoms with Crippen LogP contribution in [0.1, 0.15) is 30.8 Å². The molecule has 25 heavy (non-hydrogen) atoms. The lowest BCUT2D eigenvalue weighted by atomic mass is 10.1. The molecule has 7 nitrogen and oxygen atoms in total. The third kappa shape index (κ3) is 3.05. The summed E-state index contributed by atoms with van der Waals surface area (Å²) in [5.41, 5.74) is 1.09. The topological polar surface area (TPSA) is 66.8 Å². The number of methoxy groups -OCH3 is 1. The summed E-state index contributed by atoms with van der Waals surface area (Å²) in [5.74, 6) is 3.10.